The van der Waals surface area contributed by atoms with Gasteiger partial charge in [0.1, 0.15) is 0 Å². The van der Waals surface area contributed by atoms with Gasteiger partial charge in [-0.2, -0.15) is 0 Å². The number of hydrogen-bond acceptors (Lipinski definition) is 5. The van der Waals surface area contributed by atoms with Gasteiger partial charge in [-0.15, -0.1) is 0 Å². The number of carbonyl (C=O) groups is 3. The number of benzene rings is 2. The molecule has 1 N–H and O–H groups in total. The summed E-state index contributed by atoms with van der Waals surface area (Å²) in [4.78, 5) is 38.0. The smallest absolute Gasteiger partial charge is 0.261 e. The molecule has 0 unspecified atom stereocenters. The number of carbonyl (C=O) groups excluding carboxylic acids is 3. The molecule has 2 aromatic carbocycles. The van der Waals surface area contributed by atoms with Crippen LogP contribution in [0, 0.1) is 0 Å². The van der Waals surface area contributed by atoms with E-state index >= 15 is 0 Å². The van der Waals surface area contributed by atoms with Crippen molar-refractivity contribution in [1.29, 1.82) is 0 Å². The fourth-order valence-electron chi connectivity index (χ4n) is 3.08. The zero-order chi connectivity index (χ0) is 20.1. The predicted molar refractivity (Wildman–Crippen MR) is 104 cm³/mol. The van der Waals surface area contributed by atoms with Crippen molar-refractivity contribution in [2.45, 2.75) is 19.8 Å². The highest BCUT2D eigenvalue weighted by Gasteiger charge is 2.34. The summed E-state index contributed by atoms with van der Waals surface area (Å²) in [7, 11) is 1.53. The maximum Gasteiger partial charge on any atom is 0.261 e. The van der Waals surface area contributed by atoms with Crippen molar-refractivity contribution in [3.05, 3.63) is 53.6 Å². The molecule has 2 aromatic rings. The molecule has 3 rings (SSSR count). The van der Waals surface area contributed by atoms with Gasteiger partial charge in [0.2, 0.25) is 5.91 Å². The summed E-state index contributed by atoms with van der Waals surface area (Å²) in [5.41, 5.74) is 1.42. The maximum absolute atomic E-state index is 12.3. The van der Waals surface area contributed by atoms with Crippen LogP contribution in [0.5, 0.6) is 11.5 Å². The van der Waals surface area contributed by atoms with Crippen molar-refractivity contribution >= 4 is 23.4 Å². The first-order valence-electron chi connectivity index (χ1n) is 9.11. The van der Waals surface area contributed by atoms with E-state index in [-0.39, 0.29) is 30.7 Å². The first kappa shape index (κ1) is 19.4. The fourth-order valence-corrected chi connectivity index (χ4v) is 3.08. The van der Waals surface area contributed by atoms with Crippen LogP contribution in [-0.4, -0.2) is 42.9 Å². The molecule has 0 bridgehead atoms. The number of anilines is 1. The van der Waals surface area contributed by atoms with Crippen molar-refractivity contribution in [2.24, 2.45) is 0 Å². The summed E-state index contributed by atoms with van der Waals surface area (Å²) in [6.45, 7) is 2.59. The molecule has 3 amide bonds. The summed E-state index contributed by atoms with van der Waals surface area (Å²) in [5.74, 6) is 0.316. The van der Waals surface area contributed by atoms with Gasteiger partial charge in [0.15, 0.2) is 11.5 Å². The van der Waals surface area contributed by atoms with E-state index in [4.69, 9.17) is 9.47 Å². The highest BCUT2D eigenvalue weighted by Crippen LogP contribution is 2.30. The van der Waals surface area contributed by atoms with Crippen molar-refractivity contribution in [3.63, 3.8) is 0 Å². The van der Waals surface area contributed by atoms with Crippen LogP contribution >= 0.6 is 0 Å². The molecule has 7 heteroatoms. The van der Waals surface area contributed by atoms with Crippen LogP contribution in [0.1, 0.15) is 40.5 Å². The lowest BCUT2D eigenvalue weighted by Gasteiger charge is -2.14. The van der Waals surface area contributed by atoms with Crippen molar-refractivity contribution in [1.82, 2.24) is 4.90 Å². The number of nitrogens with zero attached hydrogens (tertiary/aromatic N) is 1. The Balaban J connectivity index is 1.53. The van der Waals surface area contributed by atoms with Crippen molar-refractivity contribution in [2.75, 3.05) is 25.6 Å². The number of amides is 3. The Morgan fingerprint density at radius 3 is 2.32 bits per heavy atom. The van der Waals surface area contributed by atoms with Crippen LogP contribution in [0.25, 0.3) is 0 Å². The van der Waals surface area contributed by atoms with Crippen molar-refractivity contribution in [3.8, 4) is 11.5 Å². The molecular weight excluding hydrogens is 360 g/mol. The van der Waals surface area contributed by atoms with Gasteiger partial charge in [-0.3, -0.25) is 19.3 Å². The van der Waals surface area contributed by atoms with Crippen LogP contribution < -0.4 is 14.8 Å². The van der Waals surface area contributed by atoms with Crippen LogP contribution in [0.4, 0.5) is 5.69 Å². The van der Waals surface area contributed by atoms with Crippen LogP contribution in [0.15, 0.2) is 42.5 Å². The monoisotopic (exact) mass is 382 g/mol. The molecule has 0 fully saturated rings. The van der Waals surface area contributed by atoms with Gasteiger partial charge in [0.05, 0.1) is 24.8 Å². The molecule has 0 radical (unpaired) electrons. The second-order valence-electron chi connectivity index (χ2n) is 6.26. The Kier molecular flexibility index (Phi) is 5.93. The average Bonchev–Trinajstić information content (AvgIpc) is 2.94. The minimum Gasteiger partial charge on any atom is -0.493 e. The van der Waals surface area contributed by atoms with Crippen LogP contribution in [0.3, 0.4) is 0 Å². The number of imide groups is 1. The number of rotatable bonds is 8. The number of ether oxygens (including phenoxy) is 2. The standard InChI is InChI=1S/C21H22N2O5/c1-3-28-17-11-10-14(13-18(17)27-2)22-19(24)9-6-12-23-20(25)15-7-4-5-8-16(15)21(23)26/h4-5,7-8,10-11,13H,3,6,9,12H2,1-2H3,(H,22,24). The molecule has 1 aliphatic heterocycles. The highest BCUT2D eigenvalue weighted by atomic mass is 16.5. The first-order chi connectivity index (χ1) is 13.5. The maximum atomic E-state index is 12.3. The van der Waals surface area contributed by atoms with E-state index in [1.54, 1.807) is 42.5 Å². The molecule has 0 aliphatic carbocycles. The molecule has 0 aromatic heterocycles. The molecule has 146 valence electrons. The van der Waals surface area contributed by atoms with E-state index in [1.165, 1.54) is 12.0 Å². The van der Waals surface area contributed by atoms with E-state index < -0.39 is 0 Å². The van der Waals surface area contributed by atoms with Crippen LogP contribution in [-0.2, 0) is 4.79 Å². The minimum atomic E-state index is -0.308. The lowest BCUT2D eigenvalue weighted by Crippen LogP contribution is -2.31. The van der Waals surface area contributed by atoms with Crippen LogP contribution in [0.2, 0.25) is 0 Å². The highest BCUT2D eigenvalue weighted by molar-refractivity contribution is 6.21. The molecule has 0 spiro atoms. The first-order valence-corrected chi connectivity index (χ1v) is 9.11. The number of hydrogen-bond donors (Lipinski definition) is 1. The average molecular weight is 382 g/mol. The molecule has 0 saturated heterocycles. The lowest BCUT2D eigenvalue weighted by atomic mass is 10.1. The third kappa shape index (κ3) is 3.98. The Bertz CT molecular complexity index is 874. The molecule has 0 saturated carbocycles. The van der Waals surface area contributed by atoms with E-state index in [2.05, 4.69) is 5.32 Å². The normalized spacial score (nSPS) is 12.7. The summed E-state index contributed by atoms with van der Waals surface area (Å²) in [5, 5.41) is 2.79. The van der Waals surface area contributed by atoms with E-state index in [0.29, 0.717) is 41.3 Å². The Labute approximate surface area is 163 Å². The van der Waals surface area contributed by atoms with E-state index in [0.717, 1.165) is 0 Å². The van der Waals surface area contributed by atoms with Gasteiger partial charge < -0.3 is 14.8 Å². The number of methoxy groups -OCH3 is 1. The fraction of sp³-hybridized carbons (Fsp3) is 0.286. The quantitative estimate of drug-likeness (QED) is 0.709. The Morgan fingerprint density at radius 2 is 1.71 bits per heavy atom. The second-order valence-corrected chi connectivity index (χ2v) is 6.26. The zero-order valence-electron chi connectivity index (χ0n) is 15.9. The number of nitrogens with one attached hydrogen (secondary N) is 1. The third-order valence-corrected chi connectivity index (χ3v) is 4.41. The molecular formula is C21H22N2O5. The summed E-state index contributed by atoms with van der Waals surface area (Å²) < 4.78 is 10.7. The second kappa shape index (κ2) is 8.56. The lowest BCUT2D eigenvalue weighted by molar-refractivity contribution is -0.116. The van der Waals surface area contributed by atoms with Gasteiger partial charge >= 0.3 is 0 Å². The summed E-state index contributed by atoms with van der Waals surface area (Å²) >= 11 is 0. The predicted octanol–water partition coefficient (Wildman–Crippen LogP) is 3.11. The van der Waals surface area contributed by atoms with Gasteiger partial charge in [-0.05, 0) is 37.6 Å². The molecule has 0 atom stereocenters. The minimum absolute atomic E-state index is 0.183. The molecule has 7 nitrogen and oxygen atoms in total. The number of fused-ring (bicyclic) bond motifs is 1. The molecule has 1 heterocycles. The Hall–Kier alpha value is -3.35. The van der Waals surface area contributed by atoms with Gasteiger partial charge in [0, 0.05) is 24.7 Å². The largest absolute Gasteiger partial charge is 0.493 e. The van der Waals surface area contributed by atoms with Gasteiger partial charge in [-0.25, -0.2) is 0 Å². The Morgan fingerprint density at radius 1 is 1.04 bits per heavy atom. The SMILES string of the molecule is CCOc1ccc(NC(=O)CCCN2C(=O)c3ccccc3C2=O)cc1OC. The zero-order valence-corrected chi connectivity index (χ0v) is 15.9. The van der Waals surface area contributed by atoms with E-state index in [1.807, 2.05) is 6.92 Å². The molecule has 1 aliphatic rings. The van der Waals surface area contributed by atoms with Gasteiger partial charge in [-0.1, -0.05) is 12.1 Å². The summed E-state index contributed by atoms with van der Waals surface area (Å²) in [6.07, 6.45) is 0.564. The van der Waals surface area contributed by atoms with Gasteiger partial charge in [0.25, 0.3) is 11.8 Å². The topological polar surface area (TPSA) is 84.9 Å². The third-order valence-electron chi connectivity index (χ3n) is 4.41. The van der Waals surface area contributed by atoms with Crippen molar-refractivity contribution < 1.29 is 23.9 Å². The molecule has 28 heavy (non-hydrogen) atoms. The summed E-state index contributed by atoms with van der Waals surface area (Å²) in [6, 6.07) is 11.9. The van der Waals surface area contributed by atoms with E-state index in [9.17, 15) is 14.4 Å².